The Hall–Kier alpha value is -3.40. The lowest BCUT2D eigenvalue weighted by Gasteiger charge is -1.98. The van der Waals surface area contributed by atoms with Crippen molar-refractivity contribution in [3.05, 3.63) is 96.7 Å². The number of primary amides is 1. The molecule has 9 heteroatoms. The maximum atomic E-state index is 10.4. The van der Waals surface area contributed by atoms with Crippen LogP contribution in [-0.2, 0) is 9.59 Å². The lowest BCUT2D eigenvalue weighted by atomic mass is 10.2. The van der Waals surface area contributed by atoms with Gasteiger partial charge in [-0.1, -0.05) is 130 Å². The standard InChI is InChI=1S/C12H14O.C9H10O.C8H15NO.C5H13NS2.C4H9NO.2C2H6/c1-10(2)4-5-11-6-8-12(13-3)9-7-11;1-3-8-4-6-9(10-2)7-5-8;1-3-6-9-7-4-5-8(2)10;1-2-4-7-8-5-3-6;1-2-3-4(5)6;2*1-2/h4-9H,1H2,2-3H3;3-7H,1H2,2H3;3,6,9H,4-5,7H2,1-2H3;2-6H2,1H3;2-3H2,1H3,(H2,5,6);2*1-2H3/b5-4+;;6-3-;;;;. The zero-order valence-corrected chi connectivity index (χ0v) is 35.5. The van der Waals surface area contributed by atoms with Gasteiger partial charge in [-0.3, -0.25) is 4.79 Å². The topological polar surface area (TPSA) is 117 Å². The van der Waals surface area contributed by atoms with Gasteiger partial charge in [0, 0.05) is 37.4 Å². The first-order valence-corrected chi connectivity index (χ1v) is 20.3. The van der Waals surface area contributed by atoms with Crippen LogP contribution in [0.5, 0.6) is 11.5 Å². The van der Waals surface area contributed by atoms with Crippen molar-refractivity contribution in [1.82, 2.24) is 5.32 Å². The number of hydrogen-bond donors (Lipinski definition) is 3. The van der Waals surface area contributed by atoms with Gasteiger partial charge in [0.1, 0.15) is 17.3 Å². The first-order chi connectivity index (χ1) is 24.5. The molecule has 7 nitrogen and oxygen atoms in total. The molecule has 0 atom stereocenters. The molecule has 51 heavy (non-hydrogen) atoms. The van der Waals surface area contributed by atoms with Crippen molar-refractivity contribution in [2.75, 3.05) is 38.8 Å². The van der Waals surface area contributed by atoms with Gasteiger partial charge >= 0.3 is 0 Å². The maximum absolute atomic E-state index is 10.4. The summed E-state index contributed by atoms with van der Waals surface area (Å²) in [5.74, 6) is 4.16. The number of Topliss-reactive ketones (excluding diaryl/α,β-unsaturated/α-hetero) is 1. The normalized spacial score (nSPS) is 9.10. The number of ether oxygens (including phenoxy) is 2. The molecule has 5 N–H and O–H groups in total. The van der Waals surface area contributed by atoms with Crippen molar-refractivity contribution in [3.8, 4) is 11.5 Å². The summed E-state index contributed by atoms with van der Waals surface area (Å²) in [6, 6.07) is 15.7. The van der Waals surface area contributed by atoms with E-state index in [0.717, 1.165) is 59.9 Å². The number of allylic oxidation sites excluding steroid dienone is 3. The molecular weight excluding hydrogens is 675 g/mol. The minimum atomic E-state index is -0.211. The minimum Gasteiger partial charge on any atom is -0.497 e. The molecule has 0 aliphatic rings. The monoisotopic (exact) mass is 748 g/mol. The van der Waals surface area contributed by atoms with Crippen molar-refractivity contribution in [3.63, 3.8) is 0 Å². The highest BCUT2D eigenvalue weighted by Crippen LogP contribution is 2.20. The molecule has 0 aliphatic heterocycles. The van der Waals surface area contributed by atoms with Crippen LogP contribution in [0.2, 0.25) is 0 Å². The van der Waals surface area contributed by atoms with E-state index < -0.39 is 0 Å². The van der Waals surface area contributed by atoms with Crippen LogP contribution in [0.3, 0.4) is 0 Å². The summed E-state index contributed by atoms with van der Waals surface area (Å²) >= 11 is 0. The van der Waals surface area contributed by atoms with Crippen molar-refractivity contribution < 1.29 is 19.1 Å². The molecule has 0 spiro atoms. The van der Waals surface area contributed by atoms with E-state index in [1.54, 1.807) is 27.2 Å². The highest BCUT2D eigenvalue weighted by atomic mass is 33.1. The molecule has 292 valence electrons. The van der Waals surface area contributed by atoms with Gasteiger partial charge in [-0.2, -0.15) is 0 Å². The number of hydrogen-bond acceptors (Lipinski definition) is 8. The fourth-order valence-corrected chi connectivity index (χ4v) is 4.82. The number of nitrogens with two attached hydrogens (primary N) is 2. The number of ketones is 1. The van der Waals surface area contributed by atoms with E-state index in [0.29, 0.717) is 12.8 Å². The number of methoxy groups -OCH3 is 2. The second-order valence-electron chi connectivity index (χ2n) is 9.84. The van der Waals surface area contributed by atoms with Crippen LogP contribution >= 0.6 is 21.6 Å². The van der Waals surface area contributed by atoms with Gasteiger partial charge in [0.05, 0.1) is 14.2 Å². The van der Waals surface area contributed by atoms with Gasteiger partial charge in [-0.15, -0.1) is 0 Å². The smallest absolute Gasteiger partial charge is 0.217 e. The second kappa shape index (κ2) is 48.7. The molecule has 0 saturated heterocycles. The van der Waals surface area contributed by atoms with Crippen LogP contribution in [0.4, 0.5) is 0 Å². The zero-order chi connectivity index (χ0) is 40.1. The lowest BCUT2D eigenvalue weighted by Crippen LogP contribution is -2.08. The Morgan fingerprint density at radius 2 is 1.31 bits per heavy atom. The Balaban J connectivity index is -0.000000172. The van der Waals surface area contributed by atoms with Gasteiger partial charge in [0.2, 0.25) is 5.91 Å². The van der Waals surface area contributed by atoms with Crippen molar-refractivity contribution >= 4 is 45.4 Å². The molecular formula is C42H73N3O4S2. The van der Waals surface area contributed by atoms with Crippen LogP contribution in [0, 0.1) is 0 Å². The number of carbonyl (C=O) groups is 2. The van der Waals surface area contributed by atoms with E-state index in [4.69, 9.17) is 20.9 Å². The van der Waals surface area contributed by atoms with Crippen molar-refractivity contribution in [2.24, 2.45) is 11.5 Å². The number of rotatable bonds is 17. The predicted molar refractivity (Wildman–Crippen MR) is 234 cm³/mol. The van der Waals surface area contributed by atoms with E-state index in [9.17, 15) is 9.59 Å². The molecule has 0 radical (unpaired) electrons. The highest BCUT2D eigenvalue weighted by Gasteiger charge is 1.91. The highest BCUT2D eigenvalue weighted by molar-refractivity contribution is 8.76. The van der Waals surface area contributed by atoms with Gasteiger partial charge in [0.15, 0.2) is 0 Å². The third-order valence-corrected chi connectivity index (χ3v) is 7.87. The largest absolute Gasteiger partial charge is 0.497 e. The Kier molecular flexibility index (Phi) is 54.4. The quantitative estimate of drug-likeness (QED) is 0.0832. The first-order valence-electron chi connectivity index (χ1n) is 17.9. The molecule has 0 heterocycles. The summed E-state index contributed by atoms with van der Waals surface area (Å²) in [6.07, 6.45) is 13.9. The Bertz CT molecular complexity index is 1100. The molecule has 1 amide bonds. The fourth-order valence-electron chi connectivity index (χ4n) is 2.83. The number of benzene rings is 2. The molecule has 0 fully saturated rings. The number of nitrogens with one attached hydrogen (secondary N) is 1. The van der Waals surface area contributed by atoms with Crippen LogP contribution in [0.1, 0.15) is 106 Å². The summed E-state index contributed by atoms with van der Waals surface area (Å²) in [4.78, 5) is 20.3. The third-order valence-electron chi connectivity index (χ3n) is 5.23. The average Bonchev–Trinajstić information content (AvgIpc) is 3.15. The van der Waals surface area contributed by atoms with E-state index in [2.05, 4.69) is 25.4 Å². The van der Waals surface area contributed by atoms with Crippen molar-refractivity contribution in [1.29, 1.82) is 0 Å². The van der Waals surface area contributed by atoms with E-state index in [1.807, 2.05) is 143 Å². The van der Waals surface area contributed by atoms with Crippen LogP contribution in [0.15, 0.2) is 85.6 Å². The second-order valence-corrected chi connectivity index (χ2v) is 12.5. The Morgan fingerprint density at radius 3 is 1.65 bits per heavy atom. The minimum absolute atomic E-state index is 0.211. The van der Waals surface area contributed by atoms with Gasteiger partial charge in [-0.25, -0.2) is 0 Å². The zero-order valence-electron chi connectivity index (χ0n) is 33.9. The van der Waals surface area contributed by atoms with Crippen molar-refractivity contribution in [2.45, 2.75) is 94.4 Å². The maximum Gasteiger partial charge on any atom is 0.217 e. The molecule has 0 aliphatic carbocycles. The molecule has 0 bridgehead atoms. The van der Waals surface area contributed by atoms with Gasteiger partial charge in [0.25, 0.3) is 0 Å². The fraction of sp³-hybridized carbons (Fsp3) is 0.476. The van der Waals surface area contributed by atoms with Gasteiger partial charge < -0.3 is 31.1 Å². The van der Waals surface area contributed by atoms with E-state index >= 15 is 0 Å². The molecule has 2 rings (SSSR count). The molecule has 0 aromatic heterocycles. The molecule has 0 unspecified atom stereocenters. The number of carbonyl (C=O) groups excluding carboxylic acids is 2. The van der Waals surface area contributed by atoms with Crippen LogP contribution < -0.4 is 26.3 Å². The first kappa shape index (κ1) is 57.0. The van der Waals surface area contributed by atoms with Gasteiger partial charge in [-0.05, 0) is 81.6 Å². The summed E-state index contributed by atoms with van der Waals surface area (Å²) in [7, 11) is 7.11. The molecule has 2 aromatic carbocycles. The Morgan fingerprint density at radius 1 is 0.824 bits per heavy atom. The summed E-state index contributed by atoms with van der Waals surface area (Å²) in [5, 5.41) is 3.06. The molecule has 0 saturated carbocycles. The van der Waals surface area contributed by atoms with E-state index in [-0.39, 0.29) is 11.7 Å². The Labute approximate surface area is 321 Å². The third kappa shape index (κ3) is 51.1. The summed E-state index contributed by atoms with van der Waals surface area (Å²) in [5.41, 5.74) is 13.4. The van der Waals surface area contributed by atoms with Crippen LogP contribution in [-0.4, -0.2) is 50.5 Å². The molecule has 2 aromatic rings. The summed E-state index contributed by atoms with van der Waals surface area (Å²) in [6.45, 7) is 26.8. The van der Waals surface area contributed by atoms with E-state index in [1.165, 1.54) is 12.2 Å². The number of amides is 1. The summed E-state index contributed by atoms with van der Waals surface area (Å²) < 4.78 is 10.0. The van der Waals surface area contributed by atoms with Crippen LogP contribution in [0.25, 0.3) is 12.2 Å². The average molecular weight is 748 g/mol. The predicted octanol–water partition coefficient (Wildman–Crippen LogP) is 11.2. The SMILES string of the molecule is C/C=C\NCCCC(C)=O.C=C(C)/C=C/c1ccc(OC)cc1.C=Cc1ccc(OC)cc1.CC.CC.CCCC(N)=O.CCCSSCCN. The lowest BCUT2D eigenvalue weighted by molar-refractivity contribution is -0.118.